The van der Waals surface area contributed by atoms with Gasteiger partial charge in [0.25, 0.3) is 0 Å². The predicted octanol–water partition coefficient (Wildman–Crippen LogP) is 2.86. The molecule has 0 saturated carbocycles. The molecule has 0 fully saturated rings. The zero-order chi connectivity index (χ0) is 12.8. The molecule has 0 heterocycles. The van der Waals surface area contributed by atoms with Crippen LogP contribution in [-0.2, 0) is 0 Å². The Balaban J connectivity index is 2.81. The molecule has 0 saturated heterocycles. The Hall–Kier alpha value is -1.77. The Kier molecular flexibility index (Phi) is 4.76. The number of anilines is 1. The maximum absolute atomic E-state index is 11.2. The van der Waals surface area contributed by atoms with Crippen molar-refractivity contribution in [3.63, 3.8) is 0 Å². The predicted molar refractivity (Wildman–Crippen MR) is 72.2 cm³/mol. The third kappa shape index (κ3) is 3.63. The first-order valence-corrected chi connectivity index (χ1v) is 5.83. The quantitative estimate of drug-likeness (QED) is 0.741. The van der Waals surface area contributed by atoms with E-state index in [9.17, 15) is 4.79 Å². The number of primary amides is 1. The molecule has 0 radical (unpaired) electrons. The van der Waals surface area contributed by atoms with E-state index in [1.165, 1.54) is 0 Å². The zero-order valence-corrected chi connectivity index (χ0v) is 10.5. The van der Waals surface area contributed by atoms with E-state index < -0.39 is 0 Å². The molecular weight excluding hydrogens is 212 g/mol. The van der Waals surface area contributed by atoms with Gasteiger partial charge in [0.15, 0.2) is 0 Å². The number of carbonyl (C=O) groups excluding carboxylic acids is 1. The molecule has 3 nitrogen and oxygen atoms in total. The molecule has 0 aliphatic carbocycles. The number of allylic oxidation sites excluding steroid dienone is 1. The highest BCUT2D eigenvalue weighted by Gasteiger charge is 2.09. The van der Waals surface area contributed by atoms with Crippen molar-refractivity contribution in [1.29, 1.82) is 0 Å². The van der Waals surface area contributed by atoms with Gasteiger partial charge in [0.2, 0.25) is 5.91 Å². The summed E-state index contributed by atoms with van der Waals surface area (Å²) in [7, 11) is 0. The summed E-state index contributed by atoms with van der Waals surface area (Å²) in [5.41, 5.74) is 7.77. The molecule has 0 aliphatic rings. The highest BCUT2D eigenvalue weighted by Crippen LogP contribution is 2.20. The van der Waals surface area contributed by atoms with Crippen molar-refractivity contribution >= 4 is 11.6 Å². The van der Waals surface area contributed by atoms with E-state index in [0.717, 1.165) is 24.1 Å². The van der Waals surface area contributed by atoms with Crippen LogP contribution in [0.5, 0.6) is 0 Å². The number of rotatable bonds is 6. The highest BCUT2D eigenvalue weighted by atomic mass is 16.1. The number of nitrogens with two attached hydrogens (primary N) is 1. The van der Waals surface area contributed by atoms with Crippen LogP contribution in [0.15, 0.2) is 30.9 Å². The molecule has 92 valence electrons. The summed E-state index contributed by atoms with van der Waals surface area (Å²) in [6.07, 6.45) is 3.90. The van der Waals surface area contributed by atoms with Crippen molar-refractivity contribution in [2.45, 2.75) is 32.7 Å². The van der Waals surface area contributed by atoms with Gasteiger partial charge in [-0.15, -0.1) is 6.58 Å². The number of nitrogens with one attached hydrogen (secondary N) is 1. The van der Waals surface area contributed by atoms with Crippen molar-refractivity contribution in [3.05, 3.63) is 42.0 Å². The fourth-order valence-corrected chi connectivity index (χ4v) is 1.76. The fourth-order valence-electron chi connectivity index (χ4n) is 1.76. The lowest BCUT2D eigenvalue weighted by Crippen LogP contribution is -2.18. The van der Waals surface area contributed by atoms with E-state index in [-0.39, 0.29) is 5.91 Å². The number of benzene rings is 1. The lowest BCUT2D eigenvalue weighted by atomic mass is 10.1. The number of amides is 1. The average Bonchev–Trinajstić information content (AvgIpc) is 2.28. The Morgan fingerprint density at radius 1 is 1.59 bits per heavy atom. The Morgan fingerprint density at radius 2 is 2.29 bits per heavy atom. The van der Waals surface area contributed by atoms with Gasteiger partial charge >= 0.3 is 0 Å². The lowest BCUT2D eigenvalue weighted by Gasteiger charge is -2.17. The summed E-state index contributed by atoms with van der Waals surface area (Å²) in [5.74, 6) is -0.384. The Labute approximate surface area is 103 Å². The van der Waals surface area contributed by atoms with E-state index in [1.54, 1.807) is 6.07 Å². The summed E-state index contributed by atoms with van der Waals surface area (Å²) in [6.45, 7) is 7.72. The normalized spacial score (nSPS) is 11.9. The van der Waals surface area contributed by atoms with Gasteiger partial charge in [-0.3, -0.25) is 4.79 Å². The van der Waals surface area contributed by atoms with E-state index in [4.69, 9.17) is 5.73 Å². The van der Waals surface area contributed by atoms with Crippen LogP contribution >= 0.6 is 0 Å². The van der Waals surface area contributed by atoms with Crippen LogP contribution in [0.2, 0.25) is 0 Å². The maximum Gasteiger partial charge on any atom is 0.249 e. The van der Waals surface area contributed by atoms with Crippen molar-refractivity contribution in [2.75, 3.05) is 5.32 Å². The minimum absolute atomic E-state index is 0.342. The van der Waals surface area contributed by atoms with Gasteiger partial charge in [-0.2, -0.15) is 0 Å². The van der Waals surface area contributed by atoms with E-state index in [2.05, 4.69) is 18.8 Å². The average molecular weight is 232 g/mol. The first-order valence-electron chi connectivity index (χ1n) is 5.83. The Bertz CT molecular complexity index is 413. The zero-order valence-electron chi connectivity index (χ0n) is 10.5. The van der Waals surface area contributed by atoms with Crippen LogP contribution in [0, 0.1) is 6.92 Å². The van der Waals surface area contributed by atoms with Gasteiger partial charge in [-0.05, 0) is 44.4 Å². The van der Waals surface area contributed by atoms with Gasteiger partial charge < -0.3 is 11.1 Å². The van der Waals surface area contributed by atoms with Crippen LogP contribution in [-0.4, -0.2) is 11.9 Å². The second-order valence-corrected chi connectivity index (χ2v) is 4.25. The topological polar surface area (TPSA) is 55.1 Å². The van der Waals surface area contributed by atoms with Crippen LogP contribution in [0.3, 0.4) is 0 Å². The summed E-state index contributed by atoms with van der Waals surface area (Å²) >= 11 is 0. The maximum atomic E-state index is 11.2. The summed E-state index contributed by atoms with van der Waals surface area (Å²) in [4.78, 5) is 11.2. The third-order valence-electron chi connectivity index (χ3n) is 2.80. The molecule has 3 N–H and O–H groups in total. The molecule has 1 atom stereocenters. The van der Waals surface area contributed by atoms with Gasteiger partial charge in [0.1, 0.15) is 0 Å². The minimum atomic E-state index is -0.384. The van der Waals surface area contributed by atoms with Crippen molar-refractivity contribution in [2.24, 2.45) is 5.73 Å². The summed E-state index contributed by atoms with van der Waals surface area (Å²) in [5, 5.41) is 3.38. The number of carbonyl (C=O) groups is 1. The molecule has 1 amide bonds. The molecule has 1 unspecified atom stereocenters. The van der Waals surface area contributed by atoms with Gasteiger partial charge in [0.05, 0.1) is 0 Å². The van der Waals surface area contributed by atoms with Crippen molar-refractivity contribution in [1.82, 2.24) is 0 Å². The summed E-state index contributed by atoms with van der Waals surface area (Å²) in [6, 6.07) is 5.90. The molecule has 3 heteroatoms. The number of hydrogen-bond donors (Lipinski definition) is 2. The SMILES string of the molecule is C=CCCC(C)Nc1cccc(C(N)=O)c1C. The highest BCUT2D eigenvalue weighted by molar-refractivity contribution is 5.95. The van der Waals surface area contributed by atoms with Crippen LogP contribution in [0.25, 0.3) is 0 Å². The minimum Gasteiger partial charge on any atom is -0.382 e. The second-order valence-electron chi connectivity index (χ2n) is 4.25. The van der Waals surface area contributed by atoms with Gasteiger partial charge in [-0.25, -0.2) is 0 Å². The molecular formula is C14H20N2O. The van der Waals surface area contributed by atoms with Crippen LogP contribution < -0.4 is 11.1 Å². The van der Waals surface area contributed by atoms with Gasteiger partial charge in [0, 0.05) is 17.3 Å². The van der Waals surface area contributed by atoms with E-state index in [1.807, 2.05) is 25.1 Å². The monoisotopic (exact) mass is 232 g/mol. The van der Waals surface area contributed by atoms with Crippen LogP contribution in [0.4, 0.5) is 5.69 Å². The first kappa shape index (κ1) is 13.3. The Morgan fingerprint density at radius 3 is 2.88 bits per heavy atom. The lowest BCUT2D eigenvalue weighted by molar-refractivity contribution is 0.1000. The van der Waals surface area contributed by atoms with Crippen molar-refractivity contribution in [3.8, 4) is 0 Å². The molecule has 1 rings (SSSR count). The molecule has 0 aliphatic heterocycles. The molecule has 0 spiro atoms. The summed E-state index contributed by atoms with van der Waals surface area (Å²) < 4.78 is 0. The smallest absolute Gasteiger partial charge is 0.249 e. The van der Waals surface area contributed by atoms with Gasteiger partial charge in [-0.1, -0.05) is 12.1 Å². The molecule has 0 bridgehead atoms. The van der Waals surface area contributed by atoms with E-state index >= 15 is 0 Å². The van der Waals surface area contributed by atoms with Crippen molar-refractivity contribution < 1.29 is 4.79 Å². The fraction of sp³-hybridized carbons (Fsp3) is 0.357. The standard InChI is InChI=1S/C14H20N2O/c1-4-5-7-10(2)16-13-9-6-8-12(11(13)3)14(15)17/h4,6,8-10,16H,1,5,7H2,2-3H3,(H2,15,17). The third-order valence-corrected chi connectivity index (χ3v) is 2.80. The molecule has 1 aromatic rings. The number of hydrogen-bond acceptors (Lipinski definition) is 2. The van der Waals surface area contributed by atoms with E-state index in [0.29, 0.717) is 11.6 Å². The van der Waals surface area contributed by atoms with Crippen LogP contribution in [0.1, 0.15) is 35.7 Å². The second kappa shape index (κ2) is 6.09. The largest absolute Gasteiger partial charge is 0.382 e. The molecule has 1 aromatic carbocycles. The molecule has 0 aromatic heterocycles. The first-order chi connectivity index (χ1) is 8.06. The molecule has 17 heavy (non-hydrogen) atoms.